The Morgan fingerprint density at radius 3 is 2.95 bits per heavy atom. The summed E-state index contributed by atoms with van der Waals surface area (Å²) in [5.74, 6) is 0. The number of hydrogen-bond acceptors (Lipinski definition) is 5. The van der Waals surface area contributed by atoms with Gasteiger partial charge in [-0.15, -0.1) is 16.4 Å². The number of benzene rings is 1. The topological polar surface area (TPSA) is 37.8 Å². The summed E-state index contributed by atoms with van der Waals surface area (Å²) in [6.07, 6.45) is 0. The van der Waals surface area contributed by atoms with Gasteiger partial charge in [0.2, 0.25) is 0 Å². The van der Waals surface area contributed by atoms with Crippen molar-refractivity contribution in [2.24, 2.45) is 0 Å². The number of rotatable bonds is 4. The van der Waals surface area contributed by atoms with Crippen molar-refractivity contribution in [3.8, 4) is 0 Å². The average molecular weight is 289 g/mol. The molecule has 98 valence electrons. The molecule has 3 rings (SSSR count). The maximum absolute atomic E-state index is 4.14. The van der Waals surface area contributed by atoms with Crippen LogP contribution in [-0.4, -0.2) is 16.1 Å². The Kier molecular flexibility index (Phi) is 3.59. The van der Waals surface area contributed by atoms with Gasteiger partial charge in [0.1, 0.15) is 0 Å². The molecule has 0 aliphatic carbocycles. The molecule has 2 aromatic heterocycles. The van der Waals surface area contributed by atoms with E-state index in [1.807, 2.05) is 6.92 Å². The molecule has 0 aliphatic rings. The van der Waals surface area contributed by atoms with Crippen molar-refractivity contribution in [2.45, 2.75) is 19.9 Å². The molecule has 0 aliphatic heterocycles. The van der Waals surface area contributed by atoms with Crippen molar-refractivity contribution in [1.82, 2.24) is 14.9 Å². The second-order valence-electron chi connectivity index (χ2n) is 4.40. The van der Waals surface area contributed by atoms with Gasteiger partial charge in [0, 0.05) is 4.70 Å². The fourth-order valence-corrected chi connectivity index (χ4v) is 3.98. The molecule has 0 saturated heterocycles. The molecule has 19 heavy (non-hydrogen) atoms. The predicted octanol–water partition coefficient (Wildman–Crippen LogP) is 3.76. The minimum Gasteiger partial charge on any atom is -0.306 e. The Hall–Kier alpha value is -1.30. The molecule has 3 nitrogen and oxygen atoms in total. The third kappa shape index (κ3) is 2.29. The summed E-state index contributed by atoms with van der Waals surface area (Å²) < 4.78 is 5.42. The normalized spacial score (nSPS) is 12.9. The lowest BCUT2D eigenvalue weighted by Gasteiger charge is -2.17. The first kappa shape index (κ1) is 12.7. The van der Waals surface area contributed by atoms with Crippen LogP contribution in [0.1, 0.15) is 29.1 Å². The lowest BCUT2D eigenvalue weighted by atomic mass is 10.0. The first-order chi connectivity index (χ1) is 9.31. The average Bonchev–Trinajstić information content (AvgIpc) is 3.04. The van der Waals surface area contributed by atoms with Crippen molar-refractivity contribution in [2.75, 3.05) is 6.54 Å². The third-order valence-corrected chi connectivity index (χ3v) is 5.05. The number of thiophene rings is 1. The van der Waals surface area contributed by atoms with E-state index in [1.54, 1.807) is 11.3 Å². The predicted molar refractivity (Wildman–Crippen MR) is 82.0 cm³/mol. The summed E-state index contributed by atoms with van der Waals surface area (Å²) in [7, 11) is 0. The summed E-state index contributed by atoms with van der Waals surface area (Å²) in [5, 5.41) is 11.2. The summed E-state index contributed by atoms with van der Waals surface area (Å²) in [4.78, 5) is 1.21. The number of aryl methyl sites for hydroxylation is 1. The fraction of sp³-hybridized carbons (Fsp3) is 0.286. The van der Waals surface area contributed by atoms with Crippen LogP contribution in [0.15, 0.2) is 29.6 Å². The maximum atomic E-state index is 4.14. The van der Waals surface area contributed by atoms with Gasteiger partial charge in [-0.1, -0.05) is 29.6 Å². The first-order valence-corrected chi connectivity index (χ1v) is 7.95. The number of hydrogen-bond donors (Lipinski definition) is 1. The van der Waals surface area contributed by atoms with E-state index in [0.717, 1.165) is 12.2 Å². The summed E-state index contributed by atoms with van der Waals surface area (Å²) in [5.41, 5.74) is 2.34. The van der Waals surface area contributed by atoms with E-state index < -0.39 is 0 Å². The van der Waals surface area contributed by atoms with E-state index in [-0.39, 0.29) is 6.04 Å². The van der Waals surface area contributed by atoms with E-state index in [9.17, 15) is 0 Å². The highest BCUT2D eigenvalue weighted by atomic mass is 32.1. The minimum absolute atomic E-state index is 0.187. The quantitative estimate of drug-likeness (QED) is 0.794. The van der Waals surface area contributed by atoms with Crippen LogP contribution in [-0.2, 0) is 0 Å². The molecule has 5 heteroatoms. The van der Waals surface area contributed by atoms with Gasteiger partial charge in [-0.3, -0.25) is 0 Å². The molecule has 0 bridgehead atoms. The molecule has 0 radical (unpaired) electrons. The van der Waals surface area contributed by atoms with Gasteiger partial charge in [-0.2, -0.15) is 0 Å². The Labute approximate surface area is 120 Å². The fourth-order valence-electron chi connectivity index (χ4n) is 2.29. The van der Waals surface area contributed by atoms with Gasteiger partial charge in [-0.25, -0.2) is 0 Å². The lowest BCUT2D eigenvalue weighted by molar-refractivity contribution is 0.640. The molecule has 2 heterocycles. The van der Waals surface area contributed by atoms with Crippen LogP contribution in [0.3, 0.4) is 0 Å². The number of nitrogens with zero attached hydrogens (tertiary/aromatic N) is 2. The van der Waals surface area contributed by atoms with Crippen LogP contribution in [0.2, 0.25) is 0 Å². The van der Waals surface area contributed by atoms with Crippen LogP contribution in [0.4, 0.5) is 0 Å². The molecule has 0 fully saturated rings. The molecule has 1 atom stereocenters. The molecule has 0 saturated carbocycles. The lowest BCUT2D eigenvalue weighted by Crippen LogP contribution is -2.21. The third-order valence-electron chi connectivity index (χ3n) is 3.18. The highest BCUT2D eigenvalue weighted by molar-refractivity contribution is 7.17. The number of aromatic nitrogens is 2. The SMILES string of the molecule is CCNC(c1snnc1C)c1cccc2ccsc12. The highest BCUT2D eigenvalue weighted by Crippen LogP contribution is 2.34. The van der Waals surface area contributed by atoms with Crippen LogP contribution >= 0.6 is 22.9 Å². The maximum Gasteiger partial charge on any atom is 0.0776 e. The zero-order valence-electron chi connectivity index (χ0n) is 10.9. The number of fused-ring (bicyclic) bond motifs is 1. The Bertz CT molecular complexity index is 687. The summed E-state index contributed by atoms with van der Waals surface area (Å²) in [6, 6.07) is 8.84. The minimum atomic E-state index is 0.187. The van der Waals surface area contributed by atoms with Gasteiger partial charge in [0.25, 0.3) is 0 Å². The molecule has 0 spiro atoms. The number of nitrogens with one attached hydrogen (secondary N) is 1. The van der Waals surface area contributed by atoms with E-state index in [2.05, 4.69) is 51.5 Å². The van der Waals surface area contributed by atoms with E-state index in [4.69, 9.17) is 0 Å². The van der Waals surface area contributed by atoms with Gasteiger partial charge in [0.15, 0.2) is 0 Å². The zero-order valence-corrected chi connectivity index (χ0v) is 12.5. The van der Waals surface area contributed by atoms with Crippen molar-refractivity contribution in [3.05, 3.63) is 45.8 Å². The smallest absolute Gasteiger partial charge is 0.0776 e. The van der Waals surface area contributed by atoms with Gasteiger partial charge < -0.3 is 5.32 Å². The largest absolute Gasteiger partial charge is 0.306 e. The van der Waals surface area contributed by atoms with Crippen molar-refractivity contribution in [1.29, 1.82) is 0 Å². The van der Waals surface area contributed by atoms with E-state index in [0.29, 0.717) is 0 Å². The molecule has 1 aromatic carbocycles. The Morgan fingerprint density at radius 1 is 1.32 bits per heavy atom. The molecule has 3 aromatic rings. The van der Waals surface area contributed by atoms with E-state index in [1.165, 1.54) is 32.1 Å². The highest BCUT2D eigenvalue weighted by Gasteiger charge is 2.20. The van der Waals surface area contributed by atoms with Gasteiger partial charge in [0.05, 0.1) is 16.6 Å². The summed E-state index contributed by atoms with van der Waals surface area (Å²) >= 11 is 3.28. The molecular weight excluding hydrogens is 274 g/mol. The zero-order chi connectivity index (χ0) is 13.2. The second kappa shape index (κ2) is 5.36. The molecular formula is C14H15N3S2. The van der Waals surface area contributed by atoms with Gasteiger partial charge >= 0.3 is 0 Å². The van der Waals surface area contributed by atoms with Crippen LogP contribution in [0.25, 0.3) is 10.1 Å². The molecule has 1 N–H and O–H groups in total. The van der Waals surface area contributed by atoms with Gasteiger partial charge in [-0.05, 0) is 47.4 Å². The second-order valence-corrected chi connectivity index (χ2v) is 6.10. The van der Waals surface area contributed by atoms with Crippen LogP contribution in [0, 0.1) is 6.92 Å². The van der Waals surface area contributed by atoms with Crippen molar-refractivity contribution in [3.63, 3.8) is 0 Å². The molecule has 1 unspecified atom stereocenters. The van der Waals surface area contributed by atoms with E-state index >= 15 is 0 Å². The summed E-state index contributed by atoms with van der Waals surface area (Å²) in [6.45, 7) is 5.08. The first-order valence-electron chi connectivity index (χ1n) is 6.29. The Balaban J connectivity index is 2.15. The Morgan fingerprint density at radius 2 is 2.21 bits per heavy atom. The van der Waals surface area contributed by atoms with Crippen LogP contribution in [0.5, 0.6) is 0 Å². The molecule has 0 amide bonds. The van der Waals surface area contributed by atoms with Crippen molar-refractivity contribution < 1.29 is 0 Å². The van der Waals surface area contributed by atoms with Crippen molar-refractivity contribution >= 4 is 33.0 Å². The monoisotopic (exact) mass is 289 g/mol. The standard InChI is InChI=1S/C14H15N3S2/c1-3-15-12(13-9(2)16-17-19-13)11-6-4-5-10-7-8-18-14(10)11/h4-8,12,15H,3H2,1-2H3. The van der Waals surface area contributed by atoms with Crippen LogP contribution < -0.4 is 5.32 Å².